The highest BCUT2D eigenvalue weighted by atomic mass is 35.5. The zero-order chi connectivity index (χ0) is 23.1. The Balaban J connectivity index is 1.84. The molecule has 0 aliphatic heterocycles. The van der Waals surface area contributed by atoms with Gasteiger partial charge >= 0.3 is 0 Å². The van der Waals surface area contributed by atoms with Crippen molar-refractivity contribution in [1.82, 2.24) is 10.2 Å². The van der Waals surface area contributed by atoms with Gasteiger partial charge in [0.15, 0.2) is 0 Å². The van der Waals surface area contributed by atoms with E-state index < -0.39 is 6.04 Å². The molecule has 0 bridgehead atoms. The van der Waals surface area contributed by atoms with Gasteiger partial charge in [0, 0.05) is 12.6 Å². The summed E-state index contributed by atoms with van der Waals surface area (Å²) >= 11 is 12.2. The SMILES string of the molecule is CCC(C(=O)NC1CCCC1)N(Cc1cccc(OC)c1)C(=O)Cc1ccc(Cl)c(Cl)c1. The van der Waals surface area contributed by atoms with E-state index in [-0.39, 0.29) is 24.3 Å². The van der Waals surface area contributed by atoms with Gasteiger partial charge in [0.2, 0.25) is 11.8 Å². The molecule has 1 aliphatic rings. The Bertz CT molecular complexity index is 945. The largest absolute Gasteiger partial charge is 0.497 e. The van der Waals surface area contributed by atoms with Crippen molar-refractivity contribution in [3.63, 3.8) is 0 Å². The Morgan fingerprint density at radius 2 is 1.84 bits per heavy atom. The molecule has 0 saturated heterocycles. The summed E-state index contributed by atoms with van der Waals surface area (Å²) < 4.78 is 5.33. The highest BCUT2D eigenvalue weighted by Gasteiger charge is 2.30. The number of hydrogen-bond donors (Lipinski definition) is 1. The molecule has 2 amide bonds. The molecule has 7 heteroatoms. The molecule has 3 rings (SSSR count). The van der Waals surface area contributed by atoms with Gasteiger partial charge in [-0.1, -0.05) is 61.2 Å². The van der Waals surface area contributed by atoms with Crippen LogP contribution >= 0.6 is 23.2 Å². The van der Waals surface area contributed by atoms with E-state index in [1.807, 2.05) is 31.2 Å². The maximum absolute atomic E-state index is 13.4. The van der Waals surface area contributed by atoms with Gasteiger partial charge in [0.1, 0.15) is 11.8 Å². The molecule has 0 heterocycles. The number of nitrogens with zero attached hydrogens (tertiary/aromatic N) is 1. The Morgan fingerprint density at radius 1 is 1.09 bits per heavy atom. The summed E-state index contributed by atoms with van der Waals surface area (Å²) in [5.74, 6) is 0.479. The van der Waals surface area contributed by atoms with Gasteiger partial charge < -0.3 is 15.0 Å². The number of methoxy groups -OCH3 is 1. The van der Waals surface area contributed by atoms with Crippen molar-refractivity contribution in [2.45, 2.75) is 64.1 Å². The Labute approximate surface area is 200 Å². The molecule has 0 spiro atoms. The monoisotopic (exact) mass is 476 g/mol. The maximum Gasteiger partial charge on any atom is 0.243 e. The second-order valence-electron chi connectivity index (χ2n) is 8.21. The van der Waals surface area contributed by atoms with Crippen molar-refractivity contribution in [2.24, 2.45) is 0 Å². The number of carbonyl (C=O) groups excluding carboxylic acids is 2. The molecule has 1 fully saturated rings. The first-order valence-electron chi connectivity index (χ1n) is 11.1. The van der Waals surface area contributed by atoms with Crippen LogP contribution in [0.2, 0.25) is 10.0 Å². The number of carbonyl (C=O) groups is 2. The molecule has 172 valence electrons. The molecule has 32 heavy (non-hydrogen) atoms. The van der Waals surface area contributed by atoms with Crippen LogP contribution in [0, 0.1) is 0 Å². The van der Waals surface area contributed by atoms with E-state index in [1.54, 1.807) is 30.2 Å². The lowest BCUT2D eigenvalue weighted by Crippen LogP contribution is -2.51. The van der Waals surface area contributed by atoms with Crippen LogP contribution in [0.3, 0.4) is 0 Å². The standard InChI is InChI=1S/C25H30Cl2N2O3/c1-3-23(25(31)28-19-8-4-5-9-19)29(16-18-7-6-10-20(13-18)32-2)24(30)15-17-11-12-21(26)22(27)14-17/h6-7,10-14,19,23H,3-5,8-9,15-16H2,1-2H3,(H,28,31). The summed E-state index contributed by atoms with van der Waals surface area (Å²) in [6, 6.07) is 12.4. The fourth-order valence-electron chi connectivity index (χ4n) is 4.18. The van der Waals surface area contributed by atoms with Gasteiger partial charge in [-0.3, -0.25) is 9.59 Å². The number of halogens is 2. The predicted molar refractivity (Wildman–Crippen MR) is 128 cm³/mol. The highest BCUT2D eigenvalue weighted by molar-refractivity contribution is 6.42. The van der Waals surface area contributed by atoms with Gasteiger partial charge in [0.25, 0.3) is 0 Å². The van der Waals surface area contributed by atoms with Gasteiger partial charge in [-0.05, 0) is 54.7 Å². The summed E-state index contributed by atoms with van der Waals surface area (Å²) in [5, 5.41) is 4.01. The van der Waals surface area contributed by atoms with Gasteiger partial charge in [-0.25, -0.2) is 0 Å². The quantitative estimate of drug-likeness (QED) is 0.526. The molecule has 1 N–H and O–H groups in total. The summed E-state index contributed by atoms with van der Waals surface area (Å²) in [7, 11) is 1.61. The second kappa shape index (κ2) is 11.6. The van der Waals surface area contributed by atoms with Crippen LogP contribution < -0.4 is 10.1 Å². The van der Waals surface area contributed by atoms with Crippen LogP contribution in [0.5, 0.6) is 5.75 Å². The number of nitrogens with one attached hydrogen (secondary N) is 1. The van der Waals surface area contributed by atoms with Crippen LogP contribution in [-0.4, -0.2) is 35.9 Å². The molecule has 1 atom stereocenters. The van der Waals surface area contributed by atoms with Crippen LogP contribution in [0.15, 0.2) is 42.5 Å². The fourth-order valence-corrected chi connectivity index (χ4v) is 4.50. The minimum atomic E-state index is -0.558. The van der Waals surface area contributed by atoms with E-state index in [9.17, 15) is 9.59 Å². The lowest BCUT2D eigenvalue weighted by Gasteiger charge is -2.31. The average molecular weight is 477 g/mol. The molecule has 1 unspecified atom stereocenters. The number of amides is 2. The lowest BCUT2D eigenvalue weighted by atomic mass is 10.1. The van der Waals surface area contributed by atoms with E-state index in [0.717, 1.165) is 36.8 Å². The Hall–Kier alpha value is -2.24. The normalized spacial score (nSPS) is 14.8. The number of benzene rings is 2. The fraction of sp³-hybridized carbons (Fsp3) is 0.440. The van der Waals surface area contributed by atoms with E-state index >= 15 is 0 Å². The molecular formula is C25H30Cl2N2O3. The molecule has 1 saturated carbocycles. The van der Waals surface area contributed by atoms with E-state index in [4.69, 9.17) is 27.9 Å². The highest BCUT2D eigenvalue weighted by Crippen LogP contribution is 2.24. The third kappa shape index (κ3) is 6.39. The van der Waals surface area contributed by atoms with Crippen molar-refractivity contribution in [3.05, 3.63) is 63.6 Å². The third-order valence-corrected chi connectivity index (χ3v) is 6.65. The van der Waals surface area contributed by atoms with Crippen molar-refractivity contribution in [3.8, 4) is 5.75 Å². The summed E-state index contributed by atoms with van der Waals surface area (Å²) in [5.41, 5.74) is 1.66. The summed E-state index contributed by atoms with van der Waals surface area (Å²) in [6.07, 6.45) is 4.91. The summed E-state index contributed by atoms with van der Waals surface area (Å²) in [6.45, 7) is 2.25. The van der Waals surface area contributed by atoms with Crippen molar-refractivity contribution < 1.29 is 14.3 Å². The topological polar surface area (TPSA) is 58.6 Å². The molecular weight excluding hydrogens is 447 g/mol. The smallest absolute Gasteiger partial charge is 0.243 e. The van der Waals surface area contributed by atoms with E-state index in [0.29, 0.717) is 28.8 Å². The summed E-state index contributed by atoms with van der Waals surface area (Å²) in [4.78, 5) is 28.3. The minimum Gasteiger partial charge on any atom is -0.497 e. The van der Waals surface area contributed by atoms with Crippen LogP contribution in [-0.2, 0) is 22.6 Å². The van der Waals surface area contributed by atoms with E-state index in [2.05, 4.69) is 5.32 Å². The Kier molecular flexibility index (Phi) is 8.83. The van der Waals surface area contributed by atoms with Gasteiger partial charge in [0.05, 0.1) is 23.6 Å². The first-order chi connectivity index (χ1) is 15.4. The number of hydrogen-bond acceptors (Lipinski definition) is 3. The van der Waals surface area contributed by atoms with Gasteiger partial charge in [-0.15, -0.1) is 0 Å². The number of rotatable bonds is 9. The Morgan fingerprint density at radius 3 is 2.50 bits per heavy atom. The van der Waals surface area contributed by atoms with Crippen molar-refractivity contribution in [1.29, 1.82) is 0 Å². The van der Waals surface area contributed by atoms with Crippen molar-refractivity contribution >= 4 is 35.0 Å². The maximum atomic E-state index is 13.4. The molecule has 2 aromatic carbocycles. The first-order valence-corrected chi connectivity index (χ1v) is 11.8. The van der Waals surface area contributed by atoms with Crippen LogP contribution in [0.25, 0.3) is 0 Å². The third-order valence-electron chi connectivity index (χ3n) is 5.91. The van der Waals surface area contributed by atoms with E-state index in [1.165, 1.54) is 0 Å². The van der Waals surface area contributed by atoms with Crippen molar-refractivity contribution in [2.75, 3.05) is 7.11 Å². The molecule has 5 nitrogen and oxygen atoms in total. The van der Waals surface area contributed by atoms with Gasteiger partial charge in [-0.2, -0.15) is 0 Å². The lowest BCUT2D eigenvalue weighted by molar-refractivity contribution is -0.141. The zero-order valence-electron chi connectivity index (χ0n) is 18.6. The zero-order valence-corrected chi connectivity index (χ0v) is 20.1. The first kappa shape index (κ1) is 24.4. The predicted octanol–water partition coefficient (Wildman–Crippen LogP) is 5.41. The van der Waals surface area contributed by atoms with Crippen LogP contribution in [0.1, 0.15) is 50.2 Å². The molecule has 2 aromatic rings. The molecule has 0 radical (unpaired) electrons. The molecule has 0 aromatic heterocycles. The average Bonchev–Trinajstić information content (AvgIpc) is 3.29. The van der Waals surface area contributed by atoms with Crippen LogP contribution in [0.4, 0.5) is 0 Å². The second-order valence-corrected chi connectivity index (χ2v) is 9.03. The number of ether oxygens (including phenoxy) is 1. The molecule has 1 aliphatic carbocycles. The minimum absolute atomic E-state index is 0.0928.